The maximum absolute atomic E-state index is 13.4. The average molecular weight is 1120 g/mol. The molecule has 1 unspecified atom stereocenters. The number of rotatable bonds is 63. The van der Waals surface area contributed by atoms with Crippen LogP contribution in [0.2, 0.25) is 0 Å². The lowest BCUT2D eigenvalue weighted by Gasteiger charge is -2.27. The van der Waals surface area contributed by atoms with E-state index in [0.29, 0.717) is 85.1 Å². The lowest BCUT2D eigenvalue weighted by molar-refractivity contribution is -0.152. The molecule has 1 saturated heterocycles. The highest BCUT2D eigenvalue weighted by Gasteiger charge is 2.25. The van der Waals surface area contributed by atoms with Gasteiger partial charge in [-0.1, -0.05) is 207 Å². The number of esters is 2. The number of hydrogen-bond acceptors (Lipinski definition) is 12. The zero-order chi connectivity index (χ0) is 57.2. The summed E-state index contributed by atoms with van der Waals surface area (Å²) in [6, 6.07) is 0. The van der Waals surface area contributed by atoms with Gasteiger partial charge >= 0.3 is 11.9 Å². The SMILES string of the molecule is CCCCCCCCC(CCCCCCCC)C(=O)CCCCCCCOC(COCCCCCCOC(=O)C(CCCCCCCC)CCCCCCCC)COCCOCCOCCOCCOC(=O)C1CCN(C)CC1. The van der Waals surface area contributed by atoms with Crippen LogP contribution in [0.15, 0.2) is 0 Å². The fraction of sp³-hybridized carbons (Fsp3) is 0.955. The van der Waals surface area contributed by atoms with Gasteiger partial charge in [-0.25, -0.2) is 0 Å². The highest BCUT2D eigenvalue weighted by molar-refractivity contribution is 5.80. The minimum Gasteiger partial charge on any atom is -0.465 e. The van der Waals surface area contributed by atoms with Crippen LogP contribution >= 0.6 is 0 Å². The van der Waals surface area contributed by atoms with Gasteiger partial charge in [0.25, 0.3) is 0 Å². The number of ketones is 1. The van der Waals surface area contributed by atoms with E-state index in [2.05, 4.69) is 39.6 Å². The van der Waals surface area contributed by atoms with E-state index in [1.54, 1.807) is 0 Å². The fourth-order valence-electron chi connectivity index (χ4n) is 10.7. The third kappa shape index (κ3) is 49.5. The molecule has 0 aromatic carbocycles. The van der Waals surface area contributed by atoms with Crippen LogP contribution in [0.3, 0.4) is 0 Å². The van der Waals surface area contributed by atoms with E-state index in [9.17, 15) is 14.4 Å². The van der Waals surface area contributed by atoms with Crippen molar-refractivity contribution in [3.8, 4) is 0 Å². The first-order valence-electron chi connectivity index (χ1n) is 33.9. The number of Topliss-reactive ketones (excluding diaryl/α,β-unsaturated/α-hetero) is 1. The smallest absolute Gasteiger partial charge is 0.309 e. The molecule has 0 amide bonds. The van der Waals surface area contributed by atoms with E-state index in [1.807, 2.05) is 0 Å². The van der Waals surface area contributed by atoms with E-state index in [0.717, 1.165) is 129 Å². The Morgan fingerprint density at radius 2 is 0.747 bits per heavy atom. The van der Waals surface area contributed by atoms with Gasteiger partial charge < -0.3 is 42.8 Å². The van der Waals surface area contributed by atoms with Crippen LogP contribution < -0.4 is 0 Å². The number of carbonyl (C=O) groups is 3. The zero-order valence-electron chi connectivity index (χ0n) is 52.6. The van der Waals surface area contributed by atoms with Gasteiger partial charge in [-0.3, -0.25) is 14.4 Å². The molecule has 12 heteroatoms. The van der Waals surface area contributed by atoms with Crippen LogP contribution in [-0.4, -0.2) is 135 Å². The van der Waals surface area contributed by atoms with Crippen LogP contribution in [0.1, 0.15) is 285 Å². The largest absolute Gasteiger partial charge is 0.465 e. The molecule has 0 N–H and O–H groups in total. The molecular formula is C67H129NO11. The Hall–Kier alpha value is -1.67. The number of nitrogens with zero attached hydrogens (tertiary/aromatic N) is 1. The van der Waals surface area contributed by atoms with Gasteiger partial charge in [-0.05, 0) is 90.8 Å². The molecule has 79 heavy (non-hydrogen) atoms. The van der Waals surface area contributed by atoms with E-state index in [1.165, 1.54) is 141 Å². The summed E-state index contributed by atoms with van der Waals surface area (Å²) in [7, 11) is 2.08. The third-order valence-corrected chi connectivity index (χ3v) is 16.0. The Morgan fingerprint density at radius 3 is 1.23 bits per heavy atom. The van der Waals surface area contributed by atoms with Gasteiger partial charge in [0.05, 0.1) is 77.9 Å². The lowest BCUT2D eigenvalue weighted by atomic mass is 9.88. The van der Waals surface area contributed by atoms with Crippen LogP contribution in [0.5, 0.6) is 0 Å². The van der Waals surface area contributed by atoms with E-state index in [4.69, 9.17) is 37.9 Å². The molecule has 0 radical (unpaired) electrons. The summed E-state index contributed by atoms with van der Waals surface area (Å²) >= 11 is 0. The predicted octanol–water partition coefficient (Wildman–Crippen LogP) is 16.6. The summed E-state index contributed by atoms with van der Waals surface area (Å²) in [4.78, 5) is 41.1. The van der Waals surface area contributed by atoms with Crippen molar-refractivity contribution in [2.45, 2.75) is 291 Å². The quantitative estimate of drug-likeness (QED) is 0.0425. The first kappa shape index (κ1) is 75.3. The van der Waals surface area contributed by atoms with Crippen molar-refractivity contribution in [3.63, 3.8) is 0 Å². The van der Waals surface area contributed by atoms with Crippen molar-refractivity contribution >= 4 is 17.7 Å². The lowest BCUT2D eigenvalue weighted by Crippen LogP contribution is -2.34. The van der Waals surface area contributed by atoms with Crippen LogP contribution in [-0.2, 0) is 52.3 Å². The van der Waals surface area contributed by atoms with Gasteiger partial charge in [0, 0.05) is 25.6 Å². The average Bonchev–Trinajstić information content (AvgIpc) is 3.45. The molecule has 468 valence electrons. The molecule has 0 saturated carbocycles. The van der Waals surface area contributed by atoms with Crippen LogP contribution in [0.4, 0.5) is 0 Å². The summed E-state index contributed by atoms with van der Waals surface area (Å²) in [5.74, 6) is 0.768. The van der Waals surface area contributed by atoms with E-state index in [-0.39, 0.29) is 42.4 Å². The molecule has 0 aromatic rings. The molecule has 1 atom stereocenters. The molecule has 1 rings (SSSR count). The van der Waals surface area contributed by atoms with Crippen molar-refractivity contribution in [2.24, 2.45) is 17.8 Å². The molecule has 0 bridgehead atoms. The topological polar surface area (TPSA) is 128 Å². The molecular weight excluding hydrogens is 995 g/mol. The first-order chi connectivity index (χ1) is 38.9. The Kier molecular flexibility index (Phi) is 56.7. The number of piperidine rings is 1. The van der Waals surface area contributed by atoms with Gasteiger partial charge in [-0.2, -0.15) is 0 Å². The van der Waals surface area contributed by atoms with Crippen molar-refractivity contribution in [2.75, 3.05) is 106 Å². The maximum atomic E-state index is 13.4. The molecule has 1 aliphatic heterocycles. The summed E-state index contributed by atoms with van der Waals surface area (Å²) < 4.78 is 46.8. The molecule has 1 fully saturated rings. The molecule has 0 spiro atoms. The molecule has 1 aliphatic rings. The van der Waals surface area contributed by atoms with Crippen LogP contribution in [0.25, 0.3) is 0 Å². The maximum Gasteiger partial charge on any atom is 0.309 e. The van der Waals surface area contributed by atoms with Crippen molar-refractivity contribution in [1.29, 1.82) is 0 Å². The second kappa shape index (κ2) is 59.5. The van der Waals surface area contributed by atoms with Crippen molar-refractivity contribution in [1.82, 2.24) is 4.90 Å². The van der Waals surface area contributed by atoms with Gasteiger partial charge in [0.1, 0.15) is 18.5 Å². The summed E-state index contributed by atoms with van der Waals surface area (Å²) in [5, 5.41) is 0. The zero-order valence-corrected chi connectivity index (χ0v) is 52.6. The third-order valence-electron chi connectivity index (χ3n) is 16.0. The molecule has 12 nitrogen and oxygen atoms in total. The highest BCUT2D eigenvalue weighted by atomic mass is 16.6. The fourth-order valence-corrected chi connectivity index (χ4v) is 10.7. The second-order valence-corrected chi connectivity index (χ2v) is 23.4. The molecule has 0 aromatic heterocycles. The Labute approximate surface area is 487 Å². The van der Waals surface area contributed by atoms with Crippen LogP contribution in [0, 0.1) is 17.8 Å². The molecule has 0 aliphatic carbocycles. The predicted molar refractivity (Wildman–Crippen MR) is 326 cm³/mol. The Balaban J connectivity index is 2.44. The summed E-state index contributed by atoms with van der Waals surface area (Å²) in [5.41, 5.74) is 0. The number of carbonyl (C=O) groups excluding carboxylic acids is 3. The minimum absolute atomic E-state index is 0.00697. The number of hydrogen-bond donors (Lipinski definition) is 0. The van der Waals surface area contributed by atoms with E-state index >= 15 is 0 Å². The molecule has 1 heterocycles. The number of likely N-dealkylation sites (tertiary alicyclic amines) is 1. The van der Waals surface area contributed by atoms with E-state index < -0.39 is 0 Å². The van der Waals surface area contributed by atoms with Gasteiger partial charge in [-0.15, -0.1) is 0 Å². The highest BCUT2D eigenvalue weighted by Crippen LogP contribution is 2.24. The monoisotopic (exact) mass is 1120 g/mol. The van der Waals surface area contributed by atoms with Gasteiger partial charge in [0.2, 0.25) is 0 Å². The summed E-state index contributed by atoms with van der Waals surface area (Å²) in [6.07, 6.45) is 46.0. The second-order valence-electron chi connectivity index (χ2n) is 23.4. The number of ether oxygens (including phenoxy) is 8. The Bertz CT molecular complexity index is 1270. The van der Waals surface area contributed by atoms with Crippen molar-refractivity contribution in [3.05, 3.63) is 0 Å². The standard InChI is InChI=1S/C67H129NO11/c1-6-10-14-18-23-31-39-61(40-32-24-19-15-11-7-2)65(69)43-35-27-22-28-37-49-77-64(60-76-56-55-73-52-51-72-53-54-74-57-58-79-67(71)63-44-46-68(5)47-45-63)59-75-48-36-29-30-38-50-78-66(70)62(41-33-25-20-16-12-8-3)42-34-26-21-17-13-9-4/h61-64H,6-60H2,1-5H3. The summed E-state index contributed by atoms with van der Waals surface area (Å²) in [6.45, 7) is 17.1. The normalized spacial score (nSPS) is 13.8. The Morgan fingerprint density at radius 1 is 0.380 bits per heavy atom. The van der Waals surface area contributed by atoms with Gasteiger partial charge in [0.15, 0.2) is 0 Å². The number of unbranched alkanes of at least 4 members (excludes halogenated alkanes) is 27. The first-order valence-corrected chi connectivity index (χ1v) is 33.9. The minimum atomic E-state index is -0.158. The van der Waals surface area contributed by atoms with Crippen molar-refractivity contribution < 1.29 is 52.3 Å².